The number of nitrogens with zero attached hydrogens (tertiary/aromatic N) is 4. The van der Waals surface area contributed by atoms with Gasteiger partial charge in [0.05, 0.1) is 16.7 Å². The molecule has 0 aliphatic carbocycles. The van der Waals surface area contributed by atoms with Crippen molar-refractivity contribution in [3.8, 4) is 0 Å². The van der Waals surface area contributed by atoms with Gasteiger partial charge in [-0.15, -0.1) is 0 Å². The number of anilines is 2. The maximum atomic E-state index is 12.6. The largest absolute Gasteiger partial charge is 0.339 e. The van der Waals surface area contributed by atoms with E-state index in [0.29, 0.717) is 40.8 Å². The second-order valence-corrected chi connectivity index (χ2v) is 6.41. The van der Waals surface area contributed by atoms with Crippen LogP contribution in [0.3, 0.4) is 0 Å². The summed E-state index contributed by atoms with van der Waals surface area (Å²) in [7, 11) is 1.70. The maximum absolute atomic E-state index is 12.6. The van der Waals surface area contributed by atoms with Crippen molar-refractivity contribution in [3.05, 3.63) is 28.3 Å². The Kier molecular flexibility index (Phi) is 3.86. The summed E-state index contributed by atoms with van der Waals surface area (Å²) < 4.78 is 0.645. The van der Waals surface area contributed by atoms with Gasteiger partial charge in [0.25, 0.3) is 5.91 Å². The summed E-state index contributed by atoms with van der Waals surface area (Å²) >= 11 is 9.43. The average Bonchev–Trinajstić information content (AvgIpc) is 2.53. The number of pyridine rings is 1. The molecule has 1 unspecified atom stereocenters. The topological polar surface area (TPSA) is 56.8 Å². The van der Waals surface area contributed by atoms with Crippen LogP contribution in [0.25, 0.3) is 0 Å². The van der Waals surface area contributed by atoms with E-state index in [2.05, 4.69) is 27.5 Å². The Labute approximate surface area is 141 Å². The predicted molar refractivity (Wildman–Crippen MR) is 88.3 cm³/mol. The molecule has 1 aromatic heterocycles. The van der Waals surface area contributed by atoms with E-state index in [1.54, 1.807) is 22.9 Å². The molecule has 116 valence electrons. The first-order valence-corrected chi connectivity index (χ1v) is 7.92. The summed E-state index contributed by atoms with van der Waals surface area (Å²) in [6.45, 7) is 4.87. The quantitative estimate of drug-likeness (QED) is 0.545. The van der Waals surface area contributed by atoms with Crippen molar-refractivity contribution in [2.24, 2.45) is 0 Å². The summed E-state index contributed by atoms with van der Waals surface area (Å²) in [5, 5.41) is 0.352. The van der Waals surface area contributed by atoms with Gasteiger partial charge in [-0.2, -0.15) is 0 Å². The Bertz CT molecular complexity index is 681. The van der Waals surface area contributed by atoms with E-state index in [1.807, 2.05) is 4.90 Å². The summed E-state index contributed by atoms with van der Waals surface area (Å²) in [6, 6.07) is 1.35. The molecule has 8 heteroatoms. The molecule has 2 amide bonds. The predicted octanol–water partition coefficient (Wildman–Crippen LogP) is 1.68. The van der Waals surface area contributed by atoms with Gasteiger partial charge in [0.2, 0.25) is 5.91 Å². The number of amides is 2. The molecule has 1 fully saturated rings. The zero-order valence-corrected chi connectivity index (χ0v) is 14.3. The van der Waals surface area contributed by atoms with E-state index in [0.717, 1.165) is 0 Å². The van der Waals surface area contributed by atoms with Gasteiger partial charge < -0.3 is 14.7 Å². The van der Waals surface area contributed by atoms with E-state index in [-0.39, 0.29) is 11.8 Å². The van der Waals surface area contributed by atoms with Crippen LogP contribution in [0.1, 0.15) is 0 Å². The highest BCUT2D eigenvalue weighted by Crippen LogP contribution is 2.39. The zero-order chi connectivity index (χ0) is 16.0. The van der Waals surface area contributed by atoms with Gasteiger partial charge in [0, 0.05) is 20.1 Å². The molecule has 22 heavy (non-hydrogen) atoms. The van der Waals surface area contributed by atoms with Crippen molar-refractivity contribution in [1.82, 2.24) is 9.88 Å². The number of piperazine rings is 1. The van der Waals surface area contributed by atoms with Crippen LogP contribution in [-0.4, -0.2) is 54.4 Å². The fourth-order valence-electron chi connectivity index (χ4n) is 2.83. The SMILES string of the molecule is C=CC(=O)N1CCN2c3nc(Cl)c(Br)cc3N(C)C(=O)C2C1. The van der Waals surface area contributed by atoms with Gasteiger partial charge in [-0.25, -0.2) is 4.98 Å². The lowest BCUT2D eigenvalue weighted by atomic mass is 10.1. The molecule has 0 bridgehead atoms. The Hall–Kier alpha value is -1.60. The molecule has 1 saturated heterocycles. The Morgan fingerprint density at radius 2 is 2.27 bits per heavy atom. The zero-order valence-electron chi connectivity index (χ0n) is 11.9. The van der Waals surface area contributed by atoms with Crippen LogP contribution in [0, 0.1) is 0 Å². The second kappa shape index (κ2) is 5.55. The number of rotatable bonds is 1. The first-order chi connectivity index (χ1) is 10.4. The number of fused-ring (bicyclic) bond motifs is 3. The smallest absolute Gasteiger partial charge is 0.251 e. The molecule has 1 atom stereocenters. The highest BCUT2D eigenvalue weighted by molar-refractivity contribution is 9.10. The molecule has 0 aromatic carbocycles. The number of aromatic nitrogens is 1. The molecule has 0 radical (unpaired) electrons. The number of carbonyl (C=O) groups excluding carboxylic acids is 2. The Morgan fingerprint density at radius 1 is 1.55 bits per heavy atom. The Balaban J connectivity index is 2.01. The standard InChI is InChI=1S/C14H14BrClN4O2/c1-3-11(21)19-4-5-20-10(7-19)14(22)18(2)9-6-8(15)12(16)17-13(9)20/h3,6,10H,1,4-5,7H2,2H3. The third-order valence-corrected chi connectivity index (χ3v) is 5.13. The van der Waals surface area contributed by atoms with E-state index in [9.17, 15) is 9.59 Å². The van der Waals surface area contributed by atoms with Crippen molar-refractivity contribution in [2.75, 3.05) is 36.5 Å². The lowest BCUT2D eigenvalue weighted by Gasteiger charge is -2.46. The monoisotopic (exact) mass is 384 g/mol. The molecule has 3 rings (SSSR count). The number of hydrogen-bond donors (Lipinski definition) is 0. The molecule has 1 aromatic rings. The molecular weight excluding hydrogens is 372 g/mol. The molecule has 6 nitrogen and oxygen atoms in total. The molecule has 0 N–H and O–H groups in total. The van der Waals surface area contributed by atoms with E-state index < -0.39 is 6.04 Å². The number of likely N-dealkylation sites (N-methyl/N-ethyl adjacent to an activating group) is 1. The fourth-order valence-corrected chi connectivity index (χ4v) is 3.27. The van der Waals surface area contributed by atoms with Crippen LogP contribution in [-0.2, 0) is 9.59 Å². The second-order valence-electron chi connectivity index (χ2n) is 5.20. The van der Waals surface area contributed by atoms with Gasteiger partial charge in [-0.05, 0) is 28.1 Å². The minimum Gasteiger partial charge on any atom is -0.339 e. The minimum atomic E-state index is -0.445. The summed E-state index contributed by atoms with van der Waals surface area (Å²) in [6.07, 6.45) is 1.27. The van der Waals surface area contributed by atoms with Crippen LogP contribution in [0.5, 0.6) is 0 Å². The summed E-state index contributed by atoms with van der Waals surface area (Å²) in [5.74, 6) is 0.443. The summed E-state index contributed by atoms with van der Waals surface area (Å²) in [5.41, 5.74) is 0.709. The van der Waals surface area contributed by atoms with Crippen molar-refractivity contribution in [3.63, 3.8) is 0 Å². The number of carbonyl (C=O) groups is 2. The Morgan fingerprint density at radius 3 is 2.95 bits per heavy atom. The van der Waals surface area contributed by atoms with Crippen molar-refractivity contribution >= 4 is 50.9 Å². The van der Waals surface area contributed by atoms with Crippen LogP contribution in [0.4, 0.5) is 11.5 Å². The van der Waals surface area contributed by atoms with Crippen molar-refractivity contribution < 1.29 is 9.59 Å². The highest BCUT2D eigenvalue weighted by Gasteiger charge is 2.42. The lowest BCUT2D eigenvalue weighted by molar-refractivity contribution is -0.128. The highest BCUT2D eigenvalue weighted by atomic mass is 79.9. The van der Waals surface area contributed by atoms with Gasteiger partial charge in [-0.3, -0.25) is 9.59 Å². The fraction of sp³-hybridized carbons (Fsp3) is 0.357. The van der Waals surface area contributed by atoms with E-state index in [1.165, 1.54) is 6.08 Å². The van der Waals surface area contributed by atoms with Gasteiger partial charge in [-0.1, -0.05) is 18.2 Å². The molecule has 0 saturated carbocycles. The number of hydrogen-bond acceptors (Lipinski definition) is 4. The van der Waals surface area contributed by atoms with Crippen LogP contribution >= 0.6 is 27.5 Å². The first kappa shape index (κ1) is 15.3. The molecular formula is C14H14BrClN4O2. The van der Waals surface area contributed by atoms with Crippen LogP contribution in [0.2, 0.25) is 5.15 Å². The van der Waals surface area contributed by atoms with Gasteiger partial charge >= 0.3 is 0 Å². The molecule has 0 spiro atoms. The van der Waals surface area contributed by atoms with Crippen molar-refractivity contribution in [2.45, 2.75) is 6.04 Å². The third-order valence-electron chi connectivity index (χ3n) is 4.01. The van der Waals surface area contributed by atoms with Crippen molar-refractivity contribution in [1.29, 1.82) is 0 Å². The molecule has 2 aliphatic rings. The minimum absolute atomic E-state index is 0.0647. The van der Waals surface area contributed by atoms with Gasteiger partial charge in [0.1, 0.15) is 11.2 Å². The first-order valence-electron chi connectivity index (χ1n) is 6.75. The average molecular weight is 386 g/mol. The van der Waals surface area contributed by atoms with Crippen LogP contribution < -0.4 is 9.80 Å². The third kappa shape index (κ3) is 2.28. The van der Waals surface area contributed by atoms with E-state index in [4.69, 9.17) is 11.6 Å². The lowest BCUT2D eigenvalue weighted by Crippen LogP contribution is -2.63. The molecule has 2 aliphatic heterocycles. The maximum Gasteiger partial charge on any atom is 0.251 e. The van der Waals surface area contributed by atoms with E-state index >= 15 is 0 Å². The number of halogens is 2. The van der Waals surface area contributed by atoms with Gasteiger partial charge in [0.15, 0.2) is 5.82 Å². The normalized spacial score (nSPS) is 20.6. The molecule has 3 heterocycles. The van der Waals surface area contributed by atoms with Crippen LogP contribution in [0.15, 0.2) is 23.2 Å². The summed E-state index contributed by atoms with van der Waals surface area (Å²) in [4.78, 5) is 33.9.